The lowest BCUT2D eigenvalue weighted by atomic mass is 9.36. The van der Waals surface area contributed by atoms with Crippen molar-refractivity contribution in [1.82, 2.24) is 0 Å². The van der Waals surface area contributed by atoms with Gasteiger partial charge in [0, 0.05) is 10.8 Å². The van der Waals surface area contributed by atoms with Crippen molar-refractivity contribution < 1.29 is 124 Å². The number of aliphatic hydroxyl groups excluding tert-OH is 15. The average Bonchev–Trinajstić information content (AvgIpc) is 2.90. The SMILES string of the molecule is CC(CCC(O[C@@H]1O[C@H](CO[C@@H]2O[C@H](CO)[C@@H](O)[C@H](O)[C@H]2O)[C@@H](O)[C@H](O)[C@H]1O[C@@H]1O[C@H](CO)[C@@H](O)[C@H](O)[C@H]1O)C(C)(C)O)C1CCC2(C)C3CC4OC45C(CCC(O[C@@H]4O[C@H](CO)[C@@H](O)[C@H](O)[C@H]4O)C5(C)C)C3(C)C(O)CC12C. The van der Waals surface area contributed by atoms with Crippen molar-refractivity contribution in [3.8, 4) is 0 Å². The fourth-order valence-corrected chi connectivity index (χ4v) is 16.7. The molecule has 4 saturated carbocycles. The maximum Gasteiger partial charge on any atom is 0.187 e. The predicted molar refractivity (Wildman–Crippen MR) is 267 cm³/mol. The predicted octanol–water partition coefficient (Wildman–Crippen LogP) is -4.02. The van der Waals surface area contributed by atoms with Crippen LogP contribution in [0.3, 0.4) is 0 Å². The third kappa shape index (κ3) is 10.2. The Bertz CT molecular complexity index is 2060. The number of epoxide rings is 1. The molecule has 12 unspecified atom stereocenters. The Morgan fingerprint density at radius 1 is 0.557 bits per heavy atom. The van der Waals surface area contributed by atoms with Crippen LogP contribution in [-0.2, 0) is 42.6 Å². The standard InChI is InChI=1S/C54H92O25/c1-21(22-13-14-51(6)28-15-32-54(79-32)27(53(28,8)29(58)16-52(22,51)7)10-12-30(49(54,2)3)76-46-42(68)38(64)34(60)24(18-56)73-46)9-11-31(50(4,5)70)77-48-44(78-47-43(69)39(65)35(61)25(19-57)74-47)40(66)36(62)26(75-48)20-71-45-41(67)37(63)33(59)23(17-55)72-45/h21-48,55-70H,9-20H2,1-8H3/t21?,22?,23-,24-,25-,26-,27?,28?,29?,30?,31?,32?,33-,34-,35-,36-,37+,38+,39+,40+,41-,42-,43-,44-,45-,46+,47+,48+,51?,52?,53?,54?/m1/s1. The van der Waals surface area contributed by atoms with Gasteiger partial charge in [-0.3, -0.25) is 0 Å². The van der Waals surface area contributed by atoms with Gasteiger partial charge in [0.2, 0.25) is 0 Å². The van der Waals surface area contributed by atoms with E-state index in [2.05, 4.69) is 41.5 Å². The fourth-order valence-electron chi connectivity index (χ4n) is 16.7. The van der Waals surface area contributed by atoms with E-state index < -0.39 is 190 Å². The third-order valence-electron chi connectivity index (χ3n) is 21.8. The molecule has 9 aliphatic rings. The Balaban J connectivity index is 0.908. The number of hydrogen-bond acceptors (Lipinski definition) is 25. The largest absolute Gasteiger partial charge is 0.394 e. The molecular formula is C54H92O25. The van der Waals surface area contributed by atoms with Crippen LogP contribution >= 0.6 is 0 Å². The molecule has 32 atom stereocenters. The summed E-state index contributed by atoms with van der Waals surface area (Å²) in [6.45, 7) is 13.5. The molecule has 9 fully saturated rings. The van der Waals surface area contributed by atoms with Crippen molar-refractivity contribution in [3.63, 3.8) is 0 Å². The lowest BCUT2D eigenvalue weighted by molar-refractivity contribution is -0.380. The Morgan fingerprint density at radius 3 is 1.61 bits per heavy atom. The van der Waals surface area contributed by atoms with Crippen LogP contribution in [-0.4, -0.2) is 267 Å². The van der Waals surface area contributed by atoms with Crippen molar-refractivity contribution in [2.75, 3.05) is 26.4 Å². The quantitative estimate of drug-likeness (QED) is 0.0487. The van der Waals surface area contributed by atoms with Crippen molar-refractivity contribution in [3.05, 3.63) is 0 Å². The van der Waals surface area contributed by atoms with Crippen LogP contribution in [0.4, 0.5) is 0 Å². The maximum absolute atomic E-state index is 12.8. The summed E-state index contributed by atoms with van der Waals surface area (Å²) in [4.78, 5) is 0. The molecule has 4 aliphatic carbocycles. The van der Waals surface area contributed by atoms with E-state index in [1.807, 2.05) is 0 Å². The van der Waals surface area contributed by atoms with Gasteiger partial charge in [-0.05, 0) is 99.7 Å². The first-order valence-corrected chi connectivity index (χ1v) is 28.5. The van der Waals surface area contributed by atoms with E-state index in [9.17, 15) is 81.7 Å². The van der Waals surface area contributed by atoms with E-state index in [0.29, 0.717) is 32.1 Å². The van der Waals surface area contributed by atoms with Gasteiger partial charge < -0.3 is 124 Å². The summed E-state index contributed by atoms with van der Waals surface area (Å²) in [7, 11) is 0. The molecule has 0 aromatic carbocycles. The molecule has 16 N–H and O–H groups in total. The lowest BCUT2D eigenvalue weighted by Gasteiger charge is -2.68. The van der Waals surface area contributed by atoms with Crippen LogP contribution in [0.5, 0.6) is 0 Å². The van der Waals surface area contributed by atoms with Crippen LogP contribution in [0.1, 0.15) is 107 Å². The summed E-state index contributed by atoms with van der Waals surface area (Å²) in [5.74, 6) is 0.0940. The van der Waals surface area contributed by atoms with Crippen LogP contribution in [0.25, 0.3) is 0 Å². The summed E-state index contributed by atoms with van der Waals surface area (Å²) < 4.78 is 54.8. The monoisotopic (exact) mass is 1140 g/mol. The van der Waals surface area contributed by atoms with Gasteiger partial charge in [0.15, 0.2) is 25.2 Å². The molecular weight excluding hydrogens is 1050 g/mol. The van der Waals surface area contributed by atoms with E-state index in [1.165, 1.54) is 13.8 Å². The highest BCUT2D eigenvalue weighted by atomic mass is 16.8. The second-order valence-electron chi connectivity index (χ2n) is 26.6. The Hall–Kier alpha value is -1.00. The molecule has 25 heteroatoms. The molecule has 458 valence electrons. The number of rotatable bonds is 17. The molecule has 79 heavy (non-hydrogen) atoms. The molecule has 0 aromatic rings. The number of ether oxygens (including phenoxy) is 9. The van der Waals surface area contributed by atoms with Gasteiger partial charge in [-0.15, -0.1) is 0 Å². The van der Waals surface area contributed by atoms with Gasteiger partial charge >= 0.3 is 0 Å². The molecule has 5 heterocycles. The summed E-state index contributed by atoms with van der Waals surface area (Å²) in [6, 6.07) is 0. The van der Waals surface area contributed by atoms with Crippen molar-refractivity contribution in [2.45, 2.75) is 265 Å². The van der Waals surface area contributed by atoms with Crippen molar-refractivity contribution >= 4 is 0 Å². The summed E-state index contributed by atoms with van der Waals surface area (Å²) in [5.41, 5.74) is -4.08. The maximum atomic E-state index is 12.8. The minimum Gasteiger partial charge on any atom is -0.394 e. The van der Waals surface area contributed by atoms with E-state index in [4.69, 9.17) is 42.6 Å². The Labute approximate surface area is 460 Å². The zero-order chi connectivity index (χ0) is 58.0. The first-order valence-electron chi connectivity index (χ1n) is 28.5. The Morgan fingerprint density at radius 2 is 1.06 bits per heavy atom. The minimum atomic E-state index is -1.94. The van der Waals surface area contributed by atoms with Crippen LogP contribution in [0.15, 0.2) is 0 Å². The molecule has 0 aromatic heterocycles. The van der Waals surface area contributed by atoms with Crippen molar-refractivity contribution in [2.24, 2.45) is 45.3 Å². The van der Waals surface area contributed by atoms with Gasteiger partial charge in [0.1, 0.15) is 103 Å². The molecule has 5 aliphatic heterocycles. The van der Waals surface area contributed by atoms with Gasteiger partial charge in [0.05, 0.1) is 56.4 Å². The van der Waals surface area contributed by atoms with E-state index >= 15 is 0 Å². The highest BCUT2D eigenvalue weighted by Crippen LogP contribution is 2.80. The molecule has 0 bridgehead atoms. The summed E-state index contributed by atoms with van der Waals surface area (Å²) in [5, 5.41) is 173. The highest BCUT2D eigenvalue weighted by Gasteiger charge is 2.83. The van der Waals surface area contributed by atoms with Gasteiger partial charge in [-0.2, -0.15) is 0 Å². The molecule has 1 spiro atoms. The van der Waals surface area contributed by atoms with Gasteiger partial charge in [0.25, 0.3) is 0 Å². The van der Waals surface area contributed by atoms with Gasteiger partial charge in [-0.25, -0.2) is 0 Å². The average molecular weight is 1140 g/mol. The smallest absolute Gasteiger partial charge is 0.187 e. The molecule has 0 amide bonds. The second-order valence-corrected chi connectivity index (χ2v) is 26.6. The van der Waals surface area contributed by atoms with Crippen LogP contribution in [0.2, 0.25) is 0 Å². The molecule has 9 rings (SSSR count). The summed E-state index contributed by atoms with van der Waals surface area (Å²) >= 11 is 0. The molecule has 5 saturated heterocycles. The number of hydrogen-bond donors (Lipinski definition) is 16. The lowest BCUT2D eigenvalue weighted by Crippen LogP contribution is -2.70. The zero-order valence-corrected chi connectivity index (χ0v) is 46.5. The van der Waals surface area contributed by atoms with Gasteiger partial charge in [-0.1, -0.05) is 41.5 Å². The highest BCUT2D eigenvalue weighted by molar-refractivity contribution is 5.30. The fraction of sp³-hybridized carbons (Fsp3) is 1.00. The Kier molecular flexibility index (Phi) is 18.0. The first kappa shape index (κ1) is 62.5. The van der Waals surface area contributed by atoms with E-state index in [-0.39, 0.29) is 47.0 Å². The molecule has 25 nitrogen and oxygen atoms in total. The second kappa shape index (κ2) is 22.7. The van der Waals surface area contributed by atoms with Crippen molar-refractivity contribution in [1.29, 1.82) is 0 Å². The third-order valence-corrected chi connectivity index (χ3v) is 21.8. The van der Waals surface area contributed by atoms with E-state index in [1.54, 1.807) is 0 Å². The zero-order valence-electron chi connectivity index (χ0n) is 46.5. The normalized spacial score (nSPS) is 54.2. The minimum absolute atomic E-state index is 0.00818. The topological polar surface area (TPSA) is 410 Å². The van der Waals surface area contributed by atoms with Crippen LogP contribution in [0, 0.1) is 45.3 Å². The number of aliphatic hydroxyl groups is 16. The number of fused-ring (bicyclic) bond motifs is 4. The molecule has 0 radical (unpaired) electrons. The summed E-state index contributed by atoms with van der Waals surface area (Å²) in [6.07, 6.45) is -30.5. The first-order chi connectivity index (χ1) is 36.9. The van der Waals surface area contributed by atoms with Crippen LogP contribution < -0.4 is 0 Å². The van der Waals surface area contributed by atoms with E-state index in [0.717, 1.165) is 12.8 Å².